The Morgan fingerprint density at radius 3 is 2.74 bits per heavy atom. The molecule has 2 fully saturated rings. The lowest BCUT2D eigenvalue weighted by molar-refractivity contribution is -0.117. The highest BCUT2D eigenvalue weighted by Gasteiger charge is 2.40. The van der Waals surface area contributed by atoms with Gasteiger partial charge in [-0.05, 0) is 55.1 Å². The van der Waals surface area contributed by atoms with Crippen molar-refractivity contribution in [2.75, 3.05) is 12.1 Å². The summed E-state index contributed by atoms with van der Waals surface area (Å²) >= 11 is 0. The molecule has 1 aromatic carbocycles. The first-order valence-corrected chi connectivity index (χ1v) is 8.95. The Kier molecular flexibility index (Phi) is 3.92. The number of benzene rings is 1. The van der Waals surface area contributed by atoms with Crippen LogP contribution in [0.15, 0.2) is 12.1 Å². The molecule has 2 saturated carbocycles. The average molecular weight is 315 g/mol. The highest BCUT2D eigenvalue weighted by Crippen LogP contribution is 2.49. The van der Waals surface area contributed by atoms with Crippen molar-refractivity contribution in [3.05, 3.63) is 17.7 Å². The molecule has 1 heterocycles. The predicted octanol–water partition coefficient (Wildman–Crippen LogP) is 4.13. The minimum absolute atomic E-state index is 0.152. The van der Waals surface area contributed by atoms with E-state index in [4.69, 9.17) is 9.47 Å². The van der Waals surface area contributed by atoms with E-state index in [2.05, 4.69) is 12.2 Å². The number of carbonyl (C=O) groups is 1. The third-order valence-electron chi connectivity index (χ3n) is 5.72. The largest absolute Gasteiger partial charge is 0.454 e. The number of hydrogen-bond donors (Lipinski definition) is 1. The zero-order valence-electron chi connectivity index (χ0n) is 13.8. The van der Waals surface area contributed by atoms with Gasteiger partial charge in [-0.2, -0.15) is 0 Å². The Labute approximate surface area is 137 Å². The van der Waals surface area contributed by atoms with Gasteiger partial charge < -0.3 is 14.8 Å². The van der Waals surface area contributed by atoms with Crippen molar-refractivity contribution in [2.45, 2.75) is 51.9 Å². The van der Waals surface area contributed by atoms with Gasteiger partial charge in [-0.25, -0.2) is 0 Å². The molecule has 2 bridgehead atoms. The van der Waals surface area contributed by atoms with E-state index >= 15 is 0 Å². The smallest absolute Gasteiger partial charge is 0.231 e. The van der Waals surface area contributed by atoms with E-state index in [1.165, 1.54) is 25.7 Å². The normalized spacial score (nSPS) is 27.4. The maximum atomic E-state index is 12.5. The summed E-state index contributed by atoms with van der Waals surface area (Å²) in [6.07, 6.45) is 7.94. The fraction of sp³-hybridized carbons (Fsp3) is 0.632. The van der Waals surface area contributed by atoms with E-state index in [-0.39, 0.29) is 12.7 Å². The quantitative estimate of drug-likeness (QED) is 0.888. The molecule has 3 atom stereocenters. The summed E-state index contributed by atoms with van der Waals surface area (Å²) < 4.78 is 10.9. The van der Waals surface area contributed by atoms with Crippen LogP contribution >= 0.6 is 0 Å². The Morgan fingerprint density at radius 2 is 2.04 bits per heavy atom. The first kappa shape index (κ1) is 14.9. The standard InChI is InChI=1S/C19H25NO3/c1-2-3-14-8-17-18(23-11-22-17)10-16(14)20-19(21)9-15-7-12-4-5-13(15)6-12/h8,10,12-13,15H,2-7,9,11H2,1H3,(H,20,21)/t12-,13-,15-/m0/s1. The molecule has 3 aliphatic rings. The molecule has 4 nitrogen and oxygen atoms in total. The molecule has 0 aromatic heterocycles. The second-order valence-corrected chi connectivity index (χ2v) is 7.30. The van der Waals surface area contributed by atoms with Crippen LogP contribution in [-0.4, -0.2) is 12.7 Å². The lowest BCUT2D eigenvalue weighted by atomic mass is 9.86. The molecule has 4 heteroatoms. The predicted molar refractivity (Wildman–Crippen MR) is 88.7 cm³/mol. The Hall–Kier alpha value is -1.71. The van der Waals surface area contributed by atoms with Crippen LogP contribution in [0, 0.1) is 17.8 Å². The number of amides is 1. The molecule has 0 saturated heterocycles. The van der Waals surface area contributed by atoms with E-state index in [0.29, 0.717) is 12.3 Å². The molecule has 1 N–H and O–H groups in total. The number of fused-ring (bicyclic) bond motifs is 3. The summed E-state index contributed by atoms with van der Waals surface area (Å²) in [5, 5.41) is 3.14. The van der Waals surface area contributed by atoms with Gasteiger partial charge in [-0.1, -0.05) is 19.8 Å². The minimum Gasteiger partial charge on any atom is -0.454 e. The van der Waals surface area contributed by atoms with Crippen LogP contribution in [0.4, 0.5) is 5.69 Å². The first-order valence-electron chi connectivity index (χ1n) is 8.95. The van der Waals surface area contributed by atoms with Crippen molar-refractivity contribution in [1.29, 1.82) is 0 Å². The summed E-state index contributed by atoms with van der Waals surface area (Å²) in [6, 6.07) is 3.94. The molecular formula is C19H25NO3. The van der Waals surface area contributed by atoms with Gasteiger partial charge >= 0.3 is 0 Å². The fourth-order valence-corrected chi connectivity index (χ4v) is 4.64. The van der Waals surface area contributed by atoms with Gasteiger partial charge in [0.2, 0.25) is 12.7 Å². The molecule has 0 spiro atoms. The van der Waals surface area contributed by atoms with Crippen molar-refractivity contribution in [3.63, 3.8) is 0 Å². The van der Waals surface area contributed by atoms with Crippen LogP contribution in [0.1, 0.15) is 51.0 Å². The van der Waals surface area contributed by atoms with Crippen molar-refractivity contribution >= 4 is 11.6 Å². The van der Waals surface area contributed by atoms with E-state index in [0.717, 1.165) is 47.4 Å². The molecule has 2 aliphatic carbocycles. The number of nitrogens with one attached hydrogen (secondary N) is 1. The Morgan fingerprint density at radius 1 is 1.22 bits per heavy atom. The second-order valence-electron chi connectivity index (χ2n) is 7.30. The zero-order valence-corrected chi connectivity index (χ0v) is 13.8. The topological polar surface area (TPSA) is 47.6 Å². The summed E-state index contributed by atoms with van der Waals surface area (Å²) in [4.78, 5) is 12.5. The lowest BCUT2D eigenvalue weighted by Gasteiger charge is -2.21. The van der Waals surface area contributed by atoms with Crippen molar-refractivity contribution in [3.8, 4) is 11.5 Å². The SMILES string of the molecule is CCCc1cc2c(cc1NC(=O)C[C@@H]1C[C@H]3CC[C@H]1C3)OCO2. The van der Waals surface area contributed by atoms with Crippen LogP contribution < -0.4 is 14.8 Å². The van der Waals surface area contributed by atoms with Crippen molar-refractivity contribution < 1.29 is 14.3 Å². The maximum Gasteiger partial charge on any atom is 0.231 e. The van der Waals surface area contributed by atoms with Gasteiger partial charge in [0.1, 0.15) is 0 Å². The lowest BCUT2D eigenvalue weighted by Crippen LogP contribution is -2.20. The number of ether oxygens (including phenoxy) is 2. The summed E-state index contributed by atoms with van der Waals surface area (Å²) in [6.45, 7) is 2.41. The monoisotopic (exact) mass is 315 g/mol. The molecule has 23 heavy (non-hydrogen) atoms. The summed E-state index contributed by atoms with van der Waals surface area (Å²) in [5.41, 5.74) is 2.03. The molecule has 1 aromatic rings. The number of anilines is 1. The Bertz CT molecular complexity index is 613. The van der Waals surface area contributed by atoms with Gasteiger partial charge in [-0.15, -0.1) is 0 Å². The fourth-order valence-electron chi connectivity index (χ4n) is 4.64. The van der Waals surface area contributed by atoms with E-state index < -0.39 is 0 Å². The van der Waals surface area contributed by atoms with E-state index in [1.807, 2.05) is 12.1 Å². The minimum atomic E-state index is 0.152. The van der Waals surface area contributed by atoms with Crippen LogP contribution in [0.3, 0.4) is 0 Å². The number of aryl methyl sites for hydroxylation is 1. The Balaban J connectivity index is 1.46. The van der Waals surface area contributed by atoms with Gasteiger partial charge in [0.05, 0.1) is 0 Å². The molecular weight excluding hydrogens is 290 g/mol. The van der Waals surface area contributed by atoms with Gasteiger partial charge in [0.15, 0.2) is 11.5 Å². The van der Waals surface area contributed by atoms with Crippen LogP contribution in [-0.2, 0) is 11.2 Å². The van der Waals surface area contributed by atoms with Crippen molar-refractivity contribution in [2.24, 2.45) is 17.8 Å². The van der Waals surface area contributed by atoms with Crippen LogP contribution in [0.25, 0.3) is 0 Å². The van der Waals surface area contributed by atoms with Gasteiger partial charge in [-0.3, -0.25) is 4.79 Å². The van der Waals surface area contributed by atoms with Gasteiger partial charge in [0, 0.05) is 18.2 Å². The third kappa shape index (κ3) is 2.91. The molecule has 0 unspecified atom stereocenters. The maximum absolute atomic E-state index is 12.5. The first-order chi connectivity index (χ1) is 11.2. The zero-order chi connectivity index (χ0) is 15.8. The number of rotatable bonds is 5. The van der Waals surface area contributed by atoms with Crippen LogP contribution in [0.2, 0.25) is 0 Å². The summed E-state index contributed by atoms with van der Waals surface area (Å²) in [5.74, 6) is 3.95. The van der Waals surface area contributed by atoms with Crippen LogP contribution in [0.5, 0.6) is 11.5 Å². The van der Waals surface area contributed by atoms with Crippen molar-refractivity contribution in [1.82, 2.24) is 0 Å². The number of carbonyl (C=O) groups excluding carboxylic acids is 1. The summed E-state index contributed by atoms with van der Waals surface area (Å²) in [7, 11) is 0. The highest BCUT2D eigenvalue weighted by atomic mass is 16.7. The molecule has 4 rings (SSSR count). The van der Waals surface area contributed by atoms with E-state index in [1.54, 1.807) is 0 Å². The van der Waals surface area contributed by atoms with E-state index in [9.17, 15) is 4.79 Å². The van der Waals surface area contributed by atoms with Gasteiger partial charge in [0.25, 0.3) is 0 Å². The molecule has 124 valence electrons. The number of hydrogen-bond acceptors (Lipinski definition) is 3. The molecule has 1 aliphatic heterocycles. The third-order valence-corrected chi connectivity index (χ3v) is 5.72. The molecule has 0 radical (unpaired) electrons. The highest BCUT2D eigenvalue weighted by molar-refractivity contribution is 5.92. The average Bonchev–Trinajstić information content (AvgIpc) is 3.23. The second kappa shape index (κ2) is 6.06. The molecule has 1 amide bonds.